The number of primary sulfonamides is 1. The number of nitrogens with two attached hydrogens (primary N) is 1. The fraction of sp³-hybridized carbons (Fsp3) is 0.333. The van der Waals surface area contributed by atoms with Gasteiger partial charge in [0.1, 0.15) is 0 Å². The van der Waals surface area contributed by atoms with Gasteiger partial charge in [-0.1, -0.05) is 12.2 Å². The van der Waals surface area contributed by atoms with Gasteiger partial charge in [0.15, 0.2) is 0 Å². The van der Waals surface area contributed by atoms with Crippen LogP contribution >= 0.6 is 10.7 Å². The molecule has 0 saturated heterocycles. The summed E-state index contributed by atoms with van der Waals surface area (Å²) in [7, 11) is -1.88. The zero-order valence-corrected chi connectivity index (χ0v) is 9.78. The van der Waals surface area contributed by atoms with E-state index in [1.807, 2.05) is 0 Å². The Bertz CT molecular complexity index is 333. The Morgan fingerprint density at radius 2 is 1.43 bits per heavy atom. The van der Waals surface area contributed by atoms with Crippen LogP contribution in [0.3, 0.4) is 0 Å². The Morgan fingerprint density at radius 1 is 1.07 bits per heavy atom. The van der Waals surface area contributed by atoms with Crippen LogP contribution in [0.1, 0.15) is 0 Å². The van der Waals surface area contributed by atoms with Crippen molar-refractivity contribution in [2.75, 3.05) is 11.5 Å². The van der Waals surface area contributed by atoms with Gasteiger partial charge in [0, 0.05) is 10.7 Å². The van der Waals surface area contributed by atoms with E-state index in [-0.39, 0.29) is 11.5 Å². The number of hydrogen-bond donors (Lipinski definition) is 1. The van der Waals surface area contributed by atoms with Crippen LogP contribution in [0.2, 0.25) is 0 Å². The van der Waals surface area contributed by atoms with E-state index < -0.39 is 19.1 Å². The minimum Gasteiger partial charge on any atom is -0.228 e. The Hall–Kier alpha value is -0.370. The summed E-state index contributed by atoms with van der Waals surface area (Å²) in [5, 5.41) is 4.55. The summed E-state index contributed by atoms with van der Waals surface area (Å²) in [4.78, 5) is 0. The van der Waals surface area contributed by atoms with Gasteiger partial charge < -0.3 is 0 Å². The molecule has 0 fully saturated rings. The first kappa shape index (κ1) is 16.1. The van der Waals surface area contributed by atoms with Crippen LogP contribution in [-0.4, -0.2) is 28.3 Å². The SMILES string of the molecule is C=CCS(=O)(=O)Cl.C=CCS(N)(=O)=O. The number of hydrogen-bond acceptors (Lipinski definition) is 4. The average molecular weight is 262 g/mol. The van der Waals surface area contributed by atoms with Crippen molar-refractivity contribution in [1.82, 2.24) is 0 Å². The molecule has 14 heavy (non-hydrogen) atoms. The molecular formula is C6H12ClNO4S2. The molecule has 2 N–H and O–H groups in total. The van der Waals surface area contributed by atoms with Crippen molar-refractivity contribution < 1.29 is 16.8 Å². The van der Waals surface area contributed by atoms with E-state index in [1.54, 1.807) is 0 Å². The summed E-state index contributed by atoms with van der Waals surface area (Å²) in [6, 6.07) is 0. The maximum Gasteiger partial charge on any atom is 0.236 e. The molecule has 0 amide bonds. The fourth-order valence-electron chi connectivity index (χ4n) is 0.305. The van der Waals surface area contributed by atoms with E-state index in [0.29, 0.717) is 0 Å². The smallest absolute Gasteiger partial charge is 0.228 e. The highest BCUT2D eigenvalue weighted by Crippen LogP contribution is 1.93. The lowest BCUT2D eigenvalue weighted by Gasteiger charge is -1.83. The number of halogens is 1. The first-order valence-corrected chi connectivity index (χ1v) is 7.46. The summed E-state index contributed by atoms with van der Waals surface area (Å²) in [5.74, 6) is -0.304. The van der Waals surface area contributed by atoms with Crippen LogP contribution in [0.4, 0.5) is 0 Å². The standard InChI is InChI=1S/C3H5ClO2S.C3H7NO2S/c2*1-2-3-7(4,5)6/h2H,1,3H2;2H,1,3H2,(H2,4,5,6). The van der Waals surface area contributed by atoms with E-state index in [4.69, 9.17) is 10.7 Å². The van der Waals surface area contributed by atoms with Crippen molar-refractivity contribution in [3.8, 4) is 0 Å². The maximum atomic E-state index is 9.94. The lowest BCUT2D eigenvalue weighted by atomic mass is 10.8. The van der Waals surface area contributed by atoms with Crippen molar-refractivity contribution in [3.05, 3.63) is 25.3 Å². The van der Waals surface area contributed by atoms with E-state index in [0.717, 1.165) is 0 Å². The first-order valence-electron chi connectivity index (χ1n) is 3.27. The summed E-state index contributed by atoms with van der Waals surface area (Å²) in [5.41, 5.74) is 0. The third-order valence-electron chi connectivity index (χ3n) is 0.667. The largest absolute Gasteiger partial charge is 0.236 e. The second-order valence-corrected chi connectivity index (χ2v) is 6.59. The third-order valence-corrected chi connectivity index (χ3v) is 2.38. The molecule has 0 spiro atoms. The highest BCUT2D eigenvalue weighted by atomic mass is 35.7. The zero-order chi connectivity index (χ0) is 11.8. The Balaban J connectivity index is 0. The summed E-state index contributed by atoms with van der Waals surface area (Å²) in [6.45, 7) is 6.37. The van der Waals surface area contributed by atoms with Gasteiger partial charge in [-0.15, -0.1) is 13.2 Å². The third kappa shape index (κ3) is 22.6. The molecule has 0 saturated carbocycles. The van der Waals surface area contributed by atoms with Crippen LogP contribution in [0.5, 0.6) is 0 Å². The van der Waals surface area contributed by atoms with Gasteiger partial charge in [-0.05, 0) is 0 Å². The number of sulfonamides is 1. The minimum atomic E-state index is -3.32. The van der Waals surface area contributed by atoms with E-state index in [1.165, 1.54) is 12.2 Å². The van der Waals surface area contributed by atoms with Gasteiger partial charge in [-0.25, -0.2) is 22.0 Å². The lowest BCUT2D eigenvalue weighted by Crippen LogP contribution is -2.14. The van der Waals surface area contributed by atoms with Gasteiger partial charge in [0.05, 0.1) is 11.5 Å². The second kappa shape index (κ2) is 6.99. The molecule has 0 aliphatic rings. The predicted octanol–water partition coefficient (Wildman–Crippen LogP) is 0.202. The number of rotatable bonds is 4. The summed E-state index contributed by atoms with van der Waals surface area (Å²) >= 11 is 0. The molecule has 5 nitrogen and oxygen atoms in total. The van der Waals surface area contributed by atoms with Crippen molar-refractivity contribution in [3.63, 3.8) is 0 Å². The van der Waals surface area contributed by atoms with Crippen LogP contribution in [0, 0.1) is 0 Å². The Labute approximate surface area is 88.7 Å². The molecule has 0 unspecified atom stereocenters. The molecule has 0 aromatic carbocycles. The molecular weight excluding hydrogens is 250 g/mol. The molecule has 0 bridgehead atoms. The maximum absolute atomic E-state index is 9.94. The van der Waals surface area contributed by atoms with Crippen molar-refractivity contribution in [2.45, 2.75) is 0 Å². The molecule has 0 aromatic rings. The Morgan fingerprint density at radius 3 is 1.43 bits per heavy atom. The van der Waals surface area contributed by atoms with Gasteiger partial charge in [-0.2, -0.15) is 0 Å². The second-order valence-electron chi connectivity index (χ2n) is 2.11. The molecule has 84 valence electrons. The van der Waals surface area contributed by atoms with Crippen LogP contribution in [0.25, 0.3) is 0 Å². The highest BCUT2D eigenvalue weighted by molar-refractivity contribution is 8.13. The quantitative estimate of drug-likeness (QED) is 0.578. The lowest BCUT2D eigenvalue weighted by molar-refractivity contribution is 0.600. The van der Waals surface area contributed by atoms with Gasteiger partial charge in [0.2, 0.25) is 19.1 Å². The van der Waals surface area contributed by atoms with Crippen LogP contribution < -0.4 is 5.14 Å². The summed E-state index contributed by atoms with van der Waals surface area (Å²) < 4.78 is 39.7. The van der Waals surface area contributed by atoms with E-state index in [9.17, 15) is 16.8 Å². The van der Waals surface area contributed by atoms with Gasteiger partial charge in [-0.3, -0.25) is 0 Å². The van der Waals surface area contributed by atoms with Crippen LogP contribution in [-0.2, 0) is 19.1 Å². The molecule has 8 heteroatoms. The van der Waals surface area contributed by atoms with Gasteiger partial charge in [0.25, 0.3) is 0 Å². The Kier molecular flexibility index (Phi) is 8.03. The molecule has 0 radical (unpaired) electrons. The molecule has 0 aliphatic heterocycles. The molecule has 0 aliphatic carbocycles. The minimum absolute atomic E-state index is 0.146. The van der Waals surface area contributed by atoms with Crippen molar-refractivity contribution in [2.24, 2.45) is 5.14 Å². The molecule has 0 heterocycles. The summed E-state index contributed by atoms with van der Waals surface area (Å²) in [6.07, 6.45) is 2.48. The van der Waals surface area contributed by atoms with E-state index in [2.05, 4.69) is 18.3 Å². The van der Waals surface area contributed by atoms with Crippen molar-refractivity contribution in [1.29, 1.82) is 0 Å². The topological polar surface area (TPSA) is 94.3 Å². The van der Waals surface area contributed by atoms with E-state index >= 15 is 0 Å². The molecule has 0 atom stereocenters. The van der Waals surface area contributed by atoms with Crippen molar-refractivity contribution >= 4 is 29.8 Å². The monoisotopic (exact) mass is 261 g/mol. The fourth-order valence-corrected chi connectivity index (χ4v) is 1.18. The first-order chi connectivity index (χ1) is 6.12. The predicted molar refractivity (Wildman–Crippen MR) is 58.0 cm³/mol. The average Bonchev–Trinajstić information content (AvgIpc) is 1.81. The molecule has 0 aromatic heterocycles. The van der Waals surface area contributed by atoms with Crippen LogP contribution in [0.15, 0.2) is 25.3 Å². The normalized spacial score (nSPS) is 11.0. The zero-order valence-electron chi connectivity index (χ0n) is 7.39. The highest BCUT2D eigenvalue weighted by Gasteiger charge is 1.97. The molecule has 0 rings (SSSR count). The van der Waals surface area contributed by atoms with Gasteiger partial charge >= 0.3 is 0 Å².